The average molecular weight is 174 g/mol. The molecule has 0 aliphatic rings. The van der Waals surface area contributed by atoms with Crippen molar-refractivity contribution in [2.24, 2.45) is 0 Å². The maximum atomic E-state index is 10.4. The summed E-state index contributed by atoms with van der Waals surface area (Å²) in [4.78, 5) is 10.4. The molecule has 3 heteroatoms. The highest BCUT2D eigenvalue weighted by molar-refractivity contribution is 6.32. The number of rotatable bonds is 3. The molecule has 1 atom stereocenters. The Balaban J connectivity index is 2.71. The molecule has 66 valence electrons. The van der Waals surface area contributed by atoms with Gasteiger partial charge in [-0.15, -0.1) is 0 Å². The fraction of sp³-hybridized carbons (Fsp3) is 0.300. The zero-order valence-corrected chi connectivity index (χ0v) is 7.53. The van der Waals surface area contributed by atoms with Crippen LogP contribution in [0.2, 0.25) is 0 Å². The largest absolute Gasteiger partial charge is 0.481 e. The van der Waals surface area contributed by atoms with Gasteiger partial charge in [0.15, 0.2) is 0 Å². The lowest BCUT2D eigenvalue weighted by atomic mass is 9.91. The van der Waals surface area contributed by atoms with Crippen molar-refractivity contribution < 1.29 is 9.90 Å². The smallest absolute Gasteiger partial charge is 0.303 e. The van der Waals surface area contributed by atoms with Crippen molar-refractivity contribution in [1.29, 1.82) is 0 Å². The van der Waals surface area contributed by atoms with Gasteiger partial charge in [0.25, 0.3) is 0 Å². The molecule has 2 nitrogen and oxygen atoms in total. The molecule has 0 spiro atoms. The second-order valence-electron chi connectivity index (χ2n) is 3.17. The van der Waals surface area contributed by atoms with E-state index >= 15 is 0 Å². The molecule has 1 N–H and O–H groups in total. The van der Waals surface area contributed by atoms with Crippen molar-refractivity contribution in [2.75, 3.05) is 0 Å². The highest BCUT2D eigenvalue weighted by atomic mass is 16.4. The van der Waals surface area contributed by atoms with Crippen LogP contribution in [0.5, 0.6) is 0 Å². The van der Waals surface area contributed by atoms with Gasteiger partial charge in [0.05, 0.1) is 6.42 Å². The highest BCUT2D eigenvalue weighted by Crippen LogP contribution is 2.17. The SMILES string of the molecule is [B]c1ccc([C@@H](C)CC(=O)O)cc1. The first kappa shape index (κ1) is 9.84. The van der Waals surface area contributed by atoms with E-state index in [1.807, 2.05) is 19.1 Å². The van der Waals surface area contributed by atoms with Crippen LogP contribution in [0.15, 0.2) is 24.3 Å². The Morgan fingerprint density at radius 1 is 1.46 bits per heavy atom. The number of carboxylic acid groups (broad SMARTS) is 1. The predicted octanol–water partition coefficient (Wildman–Crippen LogP) is 1.06. The molecule has 1 aromatic carbocycles. The van der Waals surface area contributed by atoms with Crippen molar-refractivity contribution in [3.63, 3.8) is 0 Å². The van der Waals surface area contributed by atoms with E-state index in [0.29, 0.717) is 5.46 Å². The van der Waals surface area contributed by atoms with Gasteiger partial charge in [0.1, 0.15) is 7.85 Å². The summed E-state index contributed by atoms with van der Waals surface area (Å²) >= 11 is 0. The maximum absolute atomic E-state index is 10.4. The van der Waals surface area contributed by atoms with Gasteiger partial charge < -0.3 is 5.11 Å². The lowest BCUT2D eigenvalue weighted by molar-refractivity contribution is -0.137. The number of aliphatic carboxylic acids is 1. The number of carbonyl (C=O) groups is 1. The van der Waals surface area contributed by atoms with Gasteiger partial charge in [-0.1, -0.05) is 36.7 Å². The van der Waals surface area contributed by atoms with Crippen LogP contribution < -0.4 is 5.46 Å². The minimum atomic E-state index is -0.774. The van der Waals surface area contributed by atoms with Crippen LogP contribution in [0.4, 0.5) is 0 Å². The normalized spacial score (nSPS) is 12.4. The number of hydrogen-bond donors (Lipinski definition) is 1. The minimum absolute atomic E-state index is 0.0399. The van der Waals surface area contributed by atoms with Crippen LogP contribution in [0.3, 0.4) is 0 Å². The monoisotopic (exact) mass is 174 g/mol. The quantitative estimate of drug-likeness (QED) is 0.695. The molecule has 0 heterocycles. The van der Waals surface area contributed by atoms with E-state index in [-0.39, 0.29) is 12.3 Å². The van der Waals surface area contributed by atoms with Gasteiger partial charge in [-0.3, -0.25) is 4.79 Å². The Morgan fingerprint density at radius 2 is 2.00 bits per heavy atom. The summed E-state index contributed by atoms with van der Waals surface area (Å²) in [5, 5.41) is 8.58. The fourth-order valence-corrected chi connectivity index (χ4v) is 1.20. The number of hydrogen-bond acceptors (Lipinski definition) is 1. The van der Waals surface area contributed by atoms with Crippen LogP contribution in [-0.2, 0) is 4.79 Å². The average Bonchev–Trinajstić information content (AvgIpc) is 2.04. The lowest BCUT2D eigenvalue weighted by Crippen LogP contribution is -2.05. The van der Waals surface area contributed by atoms with E-state index in [9.17, 15) is 4.79 Å². The summed E-state index contributed by atoms with van der Waals surface area (Å²) < 4.78 is 0. The first-order valence-electron chi connectivity index (χ1n) is 4.17. The Bertz CT molecular complexity index is 292. The van der Waals surface area contributed by atoms with Crippen molar-refractivity contribution in [1.82, 2.24) is 0 Å². The Kier molecular flexibility index (Phi) is 3.12. The number of benzene rings is 1. The summed E-state index contributed by atoms with van der Waals surface area (Å²) in [6.07, 6.45) is 0.157. The van der Waals surface area contributed by atoms with Gasteiger partial charge in [0, 0.05) is 0 Å². The maximum Gasteiger partial charge on any atom is 0.303 e. The number of carboxylic acids is 1. The molecule has 13 heavy (non-hydrogen) atoms. The topological polar surface area (TPSA) is 37.3 Å². The van der Waals surface area contributed by atoms with E-state index < -0.39 is 5.97 Å². The Hall–Kier alpha value is -1.25. The van der Waals surface area contributed by atoms with Crippen molar-refractivity contribution in [2.45, 2.75) is 19.3 Å². The Labute approximate surface area is 79.0 Å². The van der Waals surface area contributed by atoms with Gasteiger partial charge in [-0.2, -0.15) is 0 Å². The molecule has 0 saturated carbocycles. The van der Waals surface area contributed by atoms with E-state index in [2.05, 4.69) is 0 Å². The summed E-state index contributed by atoms with van der Waals surface area (Å²) in [6, 6.07) is 7.30. The molecule has 0 saturated heterocycles. The van der Waals surface area contributed by atoms with Crippen molar-refractivity contribution in [3.05, 3.63) is 29.8 Å². The van der Waals surface area contributed by atoms with Crippen LogP contribution in [-0.4, -0.2) is 18.9 Å². The second kappa shape index (κ2) is 4.12. The molecule has 1 aromatic rings. The van der Waals surface area contributed by atoms with E-state index in [1.165, 1.54) is 0 Å². The lowest BCUT2D eigenvalue weighted by Gasteiger charge is -2.08. The first-order valence-corrected chi connectivity index (χ1v) is 4.17. The van der Waals surface area contributed by atoms with Crippen molar-refractivity contribution in [3.8, 4) is 0 Å². The van der Waals surface area contributed by atoms with Gasteiger partial charge in [0.2, 0.25) is 0 Å². The summed E-state index contributed by atoms with van der Waals surface area (Å²) in [6.45, 7) is 1.89. The Morgan fingerprint density at radius 3 is 2.46 bits per heavy atom. The molecule has 1 rings (SSSR count). The third kappa shape index (κ3) is 2.94. The van der Waals surface area contributed by atoms with E-state index in [0.717, 1.165) is 5.56 Å². The molecule has 0 amide bonds. The molecule has 0 bridgehead atoms. The molecule has 0 aromatic heterocycles. The minimum Gasteiger partial charge on any atom is -0.481 e. The zero-order chi connectivity index (χ0) is 9.84. The predicted molar refractivity (Wildman–Crippen MR) is 52.5 cm³/mol. The summed E-state index contributed by atoms with van der Waals surface area (Å²) in [5.74, 6) is -0.734. The molecule has 0 aliphatic carbocycles. The van der Waals surface area contributed by atoms with Gasteiger partial charge in [-0.05, 0) is 11.5 Å². The van der Waals surface area contributed by atoms with Gasteiger partial charge >= 0.3 is 5.97 Å². The molecule has 2 radical (unpaired) electrons. The molecular weight excluding hydrogens is 163 g/mol. The highest BCUT2D eigenvalue weighted by Gasteiger charge is 2.08. The van der Waals surface area contributed by atoms with Gasteiger partial charge in [-0.25, -0.2) is 0 Å². The summed E-state index contributed by atoms with van der Waals surface area (Å²) in [7, 11) is 5.51. The molecule has 0 unspecified atom stereocenters. The third-order valence-corrected chi connectivity index (χ3v) is 1.99. The second-order valence-corrected chi connectivity index (χ2v) is 3.17. The van der Waals surface area contributed by atoms with Crippen LogP contribution in [0.1, 0.15) is 24.8 Å². The van der Waals surface area contributed by atoms with Crippen LogP contribution >= 0.6 is 0 Å². The van der Waals surface area contributed by atoms with Crippen molar-refractivity contribution >= 4 is 19.3 Å². The fourth-order valence-electron chi connectivity index (χ4n) is 1.20. The van der Waals surface area contributed by atoms with Crippen LogP contribution in [0, 0.1) is 0 Å². The molecular formula is C10H11BO2. The van der Waals surface area contributed by atoms with Crippen LogP contribution in [0.25, 0.3) is 0 Å². The van der Waals surface area contributed by atoms with E-state index in [4.69, 9.17) is 13.0 Å². The zero-order valence-electron chi connectivity index (χ0n) is 7.53. The van der Waals surface area contributed by atoms with E-state index in [1.54, 1.807) is 12.1 Å². The molecule has 0 fully saturated rings. The third-order valence-electron chi connectivity index (χ3n) is 1.99. The summed E-state index contributed by atoms with van der Waals surface area (Å²) in [5.41, 5.74) is 1.71. The molecule has 0 aliphatic heterocycles. The standard InChI is InChI=1S/C10H11BO2/c1-7(6-10(12)13)8-2-4-9(11)5-3-8/h2-5,7H,6H2,1H3,(H,12,13)/t7-/m0/s1. The first-order chi connectivity index (χ1) is 6.09.